The molecule has 1 saturated heterocycles. The van der Waals surface area contributed by atoms with E-state index in [9.17, 15) is 24.0 Å². The van der Waals surface area contributed by atoms with Gasteiger partial charge in [0.05, 0.1) is 6.04 Å². The molecule has 0 spiro atoms. The van der Waals surface area contributed by atoms with Gasteiger partial charge in [0.15, 0.2) is 0 Å². The van der Waals surface area contributed by atoms with E-state index in [0.717, 1.165) is 0 Å². The van der Waals surface area contributed by atoms with Crippen LogP contribution in [-0.2, 0) is 24.0 Å². The molecule has 1 aliphatic rings. The molecule has 11 nitrogen and oxygen atoms in total. The number of rotatable bonds is 12. The molecule has 31 heavy (non-hydrogen) atoms. The standard InChI is InChI=1S/C19H33N5O6S/c1-10(2)8-12(22-16(26)11(20)5-6-15(21)25)18(28)24-7-3-4-14(24)17(27)23-13(9-31)19(29)30/h10-14,31H,3-9,20H2,1-2H3,(H2,21,25)(H,22,26)(H,23,27)(H,29,30). The van der Waals surface area contributed by atoms with Gasteiger partial charge in [-0.05, 0) is 31.6 Å². The fourth-order valence-corrected chi connectivity index (χ4v) is 3.60. The summed E-state index contributed by atoms with van der Waals surface area (Å²) in [4.78, 5) is 61.7. The number of carbonyl (C=O) groups excluding carboxylic acids is 4. The first kappa shape index (κ1) is 26.7. The molecule has 12 heteroatoms. The van der Waals surface area contributed by atoms with Crippen LogP contribution in [0, 0.1) is 5.92 Å². The Labute approximate surface area is 187 Å². The number of carbonyl (C=O) groups is 5. The first-order valence-electron chi connectivity index (χ1n) is 10.3. The Balaban J connectivity index is 2.90. The maximum absolute atomic E-state index is 13.2. The number of nitrogens with one attached hydrogen (secondary N) is 2. The van der Waals surface area contributed by atoms with Gasteiger partial charge in [0.25, 0.3) is 0 Å². The molecule has 1 heterocycles. The van der Waals surface area contributed by atoms with Crippen LogP contribution in [-0.4, -0.2) is 76.1 Å². The molecule has 1 aliphatic heterocycles. The third kappa shape index (κ3) is 8.37. The fraction of sp³-hybridized carbons (Fsp3) is 0.737. The molecule has 0 bridgehead atoms. The van der Waals surface area contributed by atoms with E-state index in [2.05, 4.69) is 23.3 Å². The minimum atomic E-state index is -1.21. The van der Waals surface area contributed by atoms with Gasteiger partial charge in [-0.25, -0.2) is 4.79 Å². The number of thiol groups is 1. The lowest BCUT2D eigenvalue weighted by Gasteiger charge is -2.30. The number of carboxylic acids is 1. The second-order valence-corrected chi connectivity index (χ2v) is 8.44. The number of nitrogens with zero attached hydrogens (tertiary/aromatic N) is 1. The number of nitrogens with two attached hydrogens (primary N) is 2. The number of likely N-dealkylation sites (tertiary alicyclic amines) is 1. The Bertz CT molecular complexity index is 689. The summed E-state index contributed by atoms with van der Waals surface area (Å²) >= 11 is 3.93. The van der Waals surface area contributed by atoms with Crippen LogP contribution < -0.4 is 22.1 Å². The van der Waals surface area contributed by atoms with Crippen molar-refractivity contribution in [1.29, 1.82) is 0 Å². The van der Waals surface area contributed by atoms with Gasteiger partial charge in [0.2, 0.25) is 23.6 Å². The Kier molecular flexibility index (Phi) is 10.8. The normalized spacial score (nSPS) is 18.9. The van der Waals surface area contributed by atoms with Crippen LogP contribution in [0.15, 0.2) is 0 Å². The van der Waals surface area contributed by atoms with E-state index in [1.807, 2.05) is 13.8 Å². The molecular formula is C19H33N5O6S. The lowest BCUT2D eigenvalue weighted by Crippen LogP contribution is -2.57. The van der Waals surface area contributed by atoms with Gasteiger partial charge in [0.1, 0.15) is 18.1 Å². The van der Waals surface area contributed by atoms with Crippen LogP contribution in [0.25, 0.3) is 0 Å². The minimum Gasteiger partial charge on any atom is -0.480 e. The monoisotopic (exact) mass is 459 g/mol. The second-order valence-electron chi connectivity index (χ2n) is 8.07. The third-order valence-corrected chi connectivity index (χ3v) is 5.36. The molecule has 0 saturated carbocycles. The molecule has 1 rings (SSSR count). The smallest absolute Gasteiger partial charge is 0.327 e. The molecule has 0 aromatic carbocycles. The van der Waals surface area contributed by atoms with Crippen molar-refractivity contribution in [2.75, 3.05) is 12.3 Å². The van der Waals surface area contributed by atoms with Gasteiger partial charge >= 0.3 is 5.97 Å². The van der Waals surface area contributed by atoms with E-state index in [1.165, 1.54) is 4.90 Å². The number of hydrogen-bond donors (Lipinski definition) is 6. The number of carboxylic acid groups (broad SMARTS) is 1. The van der Waals surface area contributed by atoms with E-state index in [0.29, 0.717) is 25.8 Å². The highest BCUT2D eigenvalue weighted by Gasteiger charge is 2.39. The van der Waals surface area contributed by atoms with Crippen molar-refractivity contribution < 1.29 is 29.1 Å². The zero-order valence-electron chi connectivity index (χ0n) is 17.9. The minimum absolute atomic E-state index is 0.0539. The highest BCUT2D eigenvalue weighted by molar-refractivity contribution is 7.80. The summed E-state index contributed by atoms with van der Waals surface area (Å²) in [6, 6.07) is -3.90. The second kappa shape index (κ2) is 12.5. The van der Waals surface area contributed by atoms with Crippen LogP contribution >= 0.6 is 12.6 Å². The Hall–Kier alpha value is -2.34. The van der Waals surface area contributed by atoms with Gasteiger partial charge in [-0.2, -0.15) is 12.6 Å². The van der Waals surface area contributed by atoms with Crippen molar-refractivity contribution in [3.8, 4) is 0 Å². The van der Waals surface area contributed by atoms with E-state index < -0.39 is 53.8 Å². The summed E-state index contributed by atoms with van der Waals surface area (Å²) in [6.45, 7) is 4.09. The van der Waals surface area contributed by atoms with Gasteiger partial charge in [0, 0.05) is 18.7 Å². The average molecular weight is 460 g/mol. The van der Waals surface area contributed by atoms with Crippen molar-refractivity contribution in [3.05, 3.63) is 0 Å². The molecule has 4 amide bonds. The summed E-state index contributed by atoms with van der Waals surface area (Å²) in [7, 11) is 0. The summed E-state index contributed by atoms with van der Waals surface area (Å²) in [5.74, 6) is -3.40. The summed E-state index contributed by atoms with van der Waals surface area (Å²) in [5, 5.41) is 14.2. The number of aliphatic carboxylic acids is 1. The van der Waals surface area contributed by atoms with Crippen molar-refractivity contribution in [1.82, 2.24) is 15.5 Å². The molecule has 0 aromatic heterocycles. The molecule has 0 aromatic rings. The third-order valence-electron chi connectivity index (χ3n) is 5.00. The summed E-state index contributed by atoms with van der Waals surface area (Å²) in [6.07, 6.45) is 1.28. The van der Waals surface area contributed by atoms with Crippen molar-refractivity contribution >= 4 is 42.2 Å². The van der Waals surface area contributed by atoms with E-state index >= 15 is 0 Å². The van der Waals surface area contributed by atoms with Crippen LogP contribution in [0.1, 0.15) is 46.0 Å². The molecule has 176 valence electrons. The van der Waals surface area contributed by atoms with Gasteiger partial charge < -0.3 is 32.1 Å². The van der Waals surface area contributed by atoms with E-state index in [4.69, 9.17) is 16.6 Å². The Morgan fingerprint density at radius 1 is 1.16 bits per heavy atom. The lowest BCUT2D eigenvalue weighted by atomic mass is 10.0. The first-order valence-corrected chi connectivity index (χ1v) is 10.9. The SMILES string of the molecule is CC(C)CC(NC(=O)C(N)CCC(N)=O)C(=O)N1CCCC1C(=O)NC(CS)C(=O)O. The number of primary amides is 1. The molecular weight excluding hydrogens is 426 g/mol. The predicted molar refractivity (Wildman–Crippen MR) is 116 cm³/mol. The van der Waals surface area contributed by atoms with Crippen LogP contribution in [0.5, 0.6) is 0 Å². The van der Waals surface area contributed by atoms with Crippen molar-refractivity contribution in [3.63, 3.8) is 0 Å². The molecule has 1 fully saturated rings. The fourth-order valence-electron chi connectivity index (χ4n) is 3.36. The van der Waals surface area contributed by atoms with Crippen molar-refractivity contribution in [2.24, 2.45) is 17.4 Å². The topological polar surface area (TPSA) is 185 Å². The maximum Gasteiger partial charge on any atom is 0.327 e. The number of hydrogen-bond acceptors (Lipinski definition) is 7. The molecule has 7 N–H and O–H groups in total. The molecule has 4 atom stereocenters. The van der Waals surface area contributed by atoms with Crippen molar-refractivity contribution in [2.45, 2.75) is 70.1 Å². The quantitative estimate of drug-likeness (QED) is 0.194. The lowest BCUT2D eigenvalue weighted by molar-refractivity contribution is -0.144. The van der Waals surface area contributed by atoms with Crippen LogP contribution in [0.3, 0.4) is 0 Å². The highest BCUT2D eigenvalue weighted by atomic mass is 32.1. The molecule has 4 unspecified atom stereocenters. The van der Waals surface area contributed by atoms with Crippen LogP contribution in [0.2, 0.25) is 0 Å². The van der Waals surface area contributed by atoms with E-state index in [-0.39, 0.29) is 24.5 Å². The van der Waals surface area contributed by atoms with E-state index in [1.54, 1.807) is 0 Å². The Morgan fingerprint density at radius 3 is 2.32 bits per heavy atom. The Morgan fingerprint density at radius 2 is 1.81 bits per heavy atom. The maximum atomic E-state index is 13.2. The van der Waals surface area contributed by atoms with Gasteiger partial charge in [-0.15, -0.1) is 0 Å². The zero-order valence-corrected chi connectivity index (χ0v) is 18.8. The highest BCUT2D eigenvalue weighted by Crippen LogP contribution is 2.21. The zero-order chi connectivity index (χ0) is 23.7. The largest absolute Gasteiger partial charge is 0.480 e. The molecule has 0 radical (unpaired) electrons. The van der Waals surface area contributed by atoms with Crippen LogP contribution in [0.4, 0.5) is 0 Å². The summed E-state index contributed by atoms with van der Waals surface area (Å²) < 4.78 is 0. The predicted octanol–water partition coefficient (Wildman–Crippen LogP) is -1.40. The summed E-state index contributed by atoms with van der Waals surface area (Å²) in [5.41, 5.74) is 10.9. The number of amides is 4. The molecule has 0 aliphatic carbocycles. The average Bonchev–Trinajstić information content (AvgIpc) is 3.18. The first-order chi connectivity index (χ1) is 14.5. The van der Waals surface area contributed by atoms with Gasteiger partial charge in [-0.3, -0.25) is 19.2 Å². The van der Waals surface area contributed by atoms with Gasteiger partial charge in [-0.1, -0.05) is 13.8 Å².